The highest BCUT2D eigenvalue weighted by Gasteiger charge is 2.20. The Balaban J connectivity index is 1.68. The van der Waals surface area contributed by atoms with Crippen molar-refractivity contribution in [3.05, 3.63) is 0 Å². The lowest BCUT2D eigenvalue weighted by Crippen LogP contribution is -2.45. The van der Waals surface area contributed by atoms with Gasteiger partial charge < -0.3 is 9.64 Å². The lowest BCUT2D eigenvalue weighted by molar-refractivity contribution is -0.136. The fourth-order valence-corrected chi connectivity index (χ4v) is 3.02. The number of rotatable bonds is 4. The molecule has 0 aromatic heterocycles. The Hall–Kier alpha value is -0.610. The SMILES string of the molecule is CN(CC(=O)N1CCOCC1)CC1CCCCC1. The van der Waals surface area contributed by atoms with E-state index in [0.29, 0.717) is 19.8 Å². The van der Waals surface area contributed by atoms with E-state index in [2.05, 4.69) is 11.9 Å². The van der Waals surface area contributed by atoms with E-state index in [1.807, 2.05) is 4.90 Å². The summed E-state index contributed by atoms with van der Waals surface area (Å²) in [5.74, 6) is 1.07. The molecule has 0 bridgehead atoms. The van der Waals surface area contributed by atoms with Crippen LogP contribution in [0.25, 0.3) is 0 Å². The summed E-state index contributed by atoms with van der Waals surface area (Å²) < 4.78 is 5.27. The standard InChI is InChI=1S/C14H26N2O2/c1-15(11-13-5-3-2-4-6-13)12-14(17)16-7-9-18-10-8-16/h13H,2-12H2,1H3. The Bertz CT molecular complexity index is 259. The highest BCUT2D eigenvalue weighted by molar-refractivity contribution is 5.78. The van der Waals surface area contributed by atoms with Crippen LogP contribution >= 0.6 is 0 Å². The summed E-state index contributed by atoms with van der Waals surface area (Å²) in [4.78, 5) is 16.2. The summed E-state index contributed by atoms with van der Waals surface area (Å²) in [7, 11) is 2.08. The molecule has 1 aliphatic heterocycles. The third-order valence-electron chi connectivity index (χ3n) is 4.06. The molecule has 104 valence electrons. The van der Waals surface area contributed by atoms with Gasteiger partial charge in [0.15, 0.2) is 0 Å². The first kappa shape index (κ1) is 13.8. The highest BCUT2D eigenvalue weighted by Crippen LogP contribution is 2.24. The van der Waals surface area contributed by atoms with Crippen LogP contribution in [-0.4, -0.2) is 62.1 Å². The number of carbonyl (C=O) groups is 1. The number of hydrogen-bond acceptors (Lipinski definition) is 3. The fourth-order valence-electron chi connectivity index (χ4n) is 3.02. The van der Waals surface area contributed by atoms with Gasteiger partial charge in [0, 0.05) is 19.6 Å². The van der Waals surface area contributed by atoms with Crippen molar-refractivity contribution in [1.82, 2.24) is 9.80 Å². The first-order valence-electron chi connectivity index (χ1n) is 7.30. The van der Waals surface area contributed by atoms with Crippen LogP contribution in [0.15, 0.2) is 0 Å². The molecule has 1 saturated carbocycles. The third kappa shape index (κ3) is 4.25. The van der Waals surface area contributed by atoms with Crippen molar-refractivity contribution in [2.75, 3.05) is 46.4 Å². The maximum Gasteiger partial charge on any atom is 0.236 e. The molecule has 2 aliphatic rings. The second kappa shape index (κ2) is 7.10. The van der Waals surface area contributed by atoms with Gasteiger partial charge >= 0.3 is 0 Å². The minimum Gasteiger partial charge on any atom is -0.378 e. The first-order valence-corrected chi connectivity index (χ1v) is 7.30. The van der Waals surface area contributed by atoms with Crippen molar-refractivity contribution < 1.29 is 9.53 Å². The van der Waals surface area contributed by atoms with Crippen LogP contribution in [0.1, 0.15) is 32.1 Å². The van der Waals surface area contributed by atoms with Crippen molar-refractivity contribution in [2.45, 2.75) is 32.1 Å². The average Bonchev–Trinajstić information content (AvgIpc) is 2.40. The van der Waals surface area contributed by atoms with Crippen molar-refractivity contribution in [2.24, 2.45) is 5.92 Å². The largest absolute Gasteiger partial charge is 0.378 e. The number of likely N-dealkylation sites (N-methyl/N-ethyl adjacent to an activating group) is 1. The van der Waals surface area contributed by atoms with E-state index >= 15 is 0 Å². The zero-order valence-corrected chi connectivity index (χ0v) is 11.6. The van der Waals surface area contributed by atoms with Gasteiger partial charge in [-0.15, -0.1) is 0 Å². The minimum atomic E-state index is 0.261. The number of morpholine rings is 1. The van der Waals surface area contributed by atoms with Crippen LogP contribution in [-0.2, 0) is 9.53 Å². The smallest absolute Gasteiger partial charge is 0.236 e. The van der Waals surface area contributed by atoms with Crippen LogP contribution in [0.2, 0.25) is 0 Å². The Labute approximate surface area is 110 Å². The summed E-state index contributed by atoms with van der Waals surface area (Å²) >= 11 is 0. The van der Waals surface area contributed by atoms with Crippen molar-refractivity contribution in [3.8, 4) is 0 Å². The van der Waals surface area contributed by atoms with Crippen molar-refractivity contribution >= 4 is 5.91 Å². The van der Waals surface area contributed by atoms with Gasteiger partial charge in [-0.1, -0.05) is 19.3 Å². The molecule has 4 nitrogen and oxygen atoms in total. The van der Waals surface area contributed by atoms with Crippen molar-refractivity contribution in [3.63, 3.8) is 0 Å². The van der Waals surface area contributed by atoms with Crippen LogP contribution in [0.3, 0.4) is 0 Å². The van der Waals surface area contributed by atoms with Gasteiger partial charge in [0.1, 0.15) is 0 Å². The van der Waals surface area contributed by atoms with E-state index in [4.69, 9.17) is 4.74 Å². The molecule has 0 radical (unpaired) electrons. The molecule has 2 rings (SSSR count). The molecule has 0 spiro atoms. The van der Waals surface area contributed by atoms with E-state index < -0.39 is 0 Å². The predicted molar refractivity (Wildman–Crippen MR) is 71.5 cm³/mol. The van der Waals surface area contributed by atoms with E-state index in [1.54, 1.807) is 0 Å². The highest BCUT2D eigenvalue weighted by atomic mass is 16.5. The molecule has 4 heteroatoms. The van der Waals surface area contributed by atoms with E-state index in [0.717, 1.165) is 25.6 Å². The lowest BCUT2D eigenvalue weighted by Gasteiger charge is -2.30. The molecule has 0 aromatic carbocycles. The van der Waals surface area contributed by atoms with Gasteiger partial charge in [0.2, 0.25) is 5.91 Å². The van der Waals surface area contributed by atoms with E-state index in [-0.39, 0.29) is 5.91 Å². The first-order chi connectivity index (χ1) is 8.75. The van der Waals surface area contributed by atoms with Crippen LogP contribution in [0.5, 0.6) is 0 Å². The Morgan fingerprint density at radius 1 is 1.22 bits per heavy atom. The quantitative estimate of drug-likeness (QED) is 0.759. The number of ether oxygens (including phenoxy) is 1. The zero-order valence-electron chi connectivity index (χ0n) is 11.6. The van der Waals surface area contributed by atoms with Gasteiger partial charge in [-0.3, -0.25) is 9.69 Å². The zero-order chi connectivity index (χ0) is 12.8. The summed E-state index contributed by atoms with van der Waals surface area (Å²) in [5, 5.41) is 0. The van der Waals surface area contributed by atoms with Gasteiger partial charge in [-0.2, -0.15) is 0 Å². The molecule has 1 aliphatic carbocycles. The van der Waals surface area contributed by atoms with E-state index in [1.165, 1.54) is 32.1 Å². The Morgan fingerprint density at radius 2 is 1.89 bits per heavy atom. The summed E-state index contributed by atoms with van der Waals surface area (Å²) in [6, 6.07) is 0. The summed E-state index contributed by atoms with van der Waals surface area (Å²) in [6.45, 7) is 4.55. The van der Waals surface area contributed by atoms with Crippen LogP contribution < -0.4 is 0 Å². The van der Waals surface area contributed by atoms with Gasteiger partial charge in [-0.05, 0) is 25.8 Å². The fraction of sp³-hybridized carbons (Fsp3) is 0.929. The van der Waals surface area contributed by atoms with Gasteiger partial charge in [0.25, 0.3) is 0 Å². The number of carbonyl (C=O) groups excluding carboxylic acids is 1. The molecular weight excluding hydrogens is 228 g/mol. The molecule has 0 atom stereocenters. The molecule has 1 heterocycles. The monoisotopic (exact) mass is 254 g/mol. The summed E-state index contributed by atoms with van der Waals surface area (Å²) in [6.07, 6.45) is 6.82. The molecule has 0 N–H and O–H groups in total. The molecule has 0 aromatic rings. The number of hydrogen-bond donors (Lipinski definition) is 0. The molecular formula is C14H26N2O2. The number of amides is 1. The second-order valence-electron chi connectivity index (χ2n) is 5.69. The van der Waals surface area contributed by atoms with Crippen LogP contribution in [0.4, 0.5) is 0 Å². The Kier molecular flexibility index (Phi) is 5.45. The topological polar surface area (TPSA) is 32.8 Å². The second-order valence-corrected chi connectivity index (χ2v) is 5.69. The van der Waals surface area contributed by atoms with Crippen molar-refractivity contribution in [1.29, 1.82) is 0 Å². The summed E-state index contributed by atoms with van der Waals surface area (Å²) in [5.41, 5.74) is 0. The Morgan fingerprint density at radius 3 is 2.56 bits per heavy atom. The van der Waals surface area contributed by atoms with E-state index in [9.17, 15) is 4.79 Å². The minimum absolute atomic E-state index is 0.261. The van der Waals surface area contributed by atoms with Gasteiger partial charge in [0.05, 0.1) is 19.8 Å². The molecule has 18 heavy (non-hydrogen) atoms. The average molecular weight is 254 g/mol. The molecule has 1 saturated heterocycles. The third-order valence-corrected chi connectivity index (χ3v) is 4.06. The maximum absolute atomic E-state index is 12.1. The lowest BCUT2D eigenvalue weighted by atomic mass is 9.89. The predicted octanol–water partition coefficient (Wildman–Crippen LogP) is 1.36. The normalized spacial score (nSPS) is 22.4. The molecule has 1 amide bonds. The molecule has 2 fully saturated rings. The van der Waals surface area contributed by atoms with Gasteiger partial charge in [-0.25, -0.2) is 0 Å². The van der Waals surface area contributed by atoms with Crippen LogP contribution in [0, 0.1) is 5.92 Å². The number of nitrogens with zero attached hydrogens (tertiary/aromatic N) is 2. The molecule has 0 unspecified atom stereocenters. The maximum atomic E-state index is 12.1.